The molecular formula is C26H31N3O2. The molecule has 0 spiro atoms. The van der Waals surface area contributed by atoms with Gasteiger partial charge in [-0.2, -0.15) is 0 Å². The summed E-state index contributed by atoms with van der Waals surface area (Å²) in [5, 5.41) is 6.03. The number of amides is 2. The summed E-state index contributed by atoms with van der Waals surface area (Å²) in [7, 11) is 0. The van der Waals surface area contributed by atoms with Crippen molar-refractivity contribution in [2.75, 3.05) is 13.1 Å². The van der Waals surface area contributed by atoms with Gasteiger partial charge in [-0.15, -0.1) is 0 Å². The van der Waals surface area contributed by atoms with Gasteiger partial charge in [0.25, 0.3) is 5.91 Å². The van der Waals surface area contributed by atoms with Gasteiger partial charge < -0.3 is 10.6 Å². The van der Waals surface area contributed by atoms with E-state index in [-0.39, 0.29) is 22.6 Å². The number of hydrogen-bond acceptors (Lipinski definition) is 3. The topological polar surface area (TPSA) is 71.1 Å². The smallest absolute Gasteiger partial charge is 0.252 e. The van der Waals surface area contributed by atoms with Crippen molar-refractivity contribution in [2.24, 2.45) is 17.3 Å². The van der Waals surface area contributed by atoms with Gasteiger partial charge in [-0.25, -0.2) is 0 Å². The molecule has 1 aromatic carbocycles. The van der Waals surface area contributed by atoms with Gasteiger partial charge in [0.05, 0.1) is 11.0 Å². The lowest BCUT2D eigenvalue weighted by Crippen LogP contribution is -2.59. The van der Waals surface area contributed by atoms with E-state index < -0.39 is 0 Å². The normalized spacial score (nSPS) is 30.7. The molecule has 4 fully saturated rings. The molecule has 4 bridgehead atoms. The second-order valence-electron chi connectivity index (χ2n) is 10.1. The number of rotatable bonds is 6. The Morgan fingerprint density at radius 2 is 1.71 bits per heavy atom. The summed E-state index contributed by atoms with van der Waals surface area (Å²) in [5.41, 5.74) is 3.16. The van der Waals surface area contributed by atoms with Crippen molar-refractivity contribution in [1.29, 1.82) is 0 Å². The van der Waals surface area contributed by atoms with Gasteiger partial charge in [-0.1, -0.05) is 29.8 Å². The van der Waals surface area contributed by atoms with E-state index in [1.807, 2.05) is 0 Å². The van der Waals surface area contributed by atoms with Crippen LogP contribution in [0.25, 0.3) is 0 Å². The van der Waals surface area contributed by atoms with E-state index in [0.29, 0.717) is 30.5 Å². The van der Waals surface area contributed by atoms with Crippen molar-refractivity contribution in [3.8, 4) is 0 Å². The molecule has 2 unspecified atom stereocenters. The number of carbonyl (C=O) groups is 2. The molecule has 2 amide bonds. The minimum Gasteiger partial charge on any atom is -0.354 e. The molecule has 162 valence electrons. The van der Waals surface area contributed by atoms with Crippen molar-refractivity contribution in [3.05, 3.63) is 65.5 Å². The second kappa shape index (κ2) is 7.77. The molecule has 2 aromatic rings. The van der Waals surface area contributed by atoms with E-state index in [4.69, 9.17) is 0 Å². The molecule has 6 rings (SSSR count). The van der Waals surface area contributed by atoms with Gasteiger partial charge in [0.2, 0.25) is 5.91 Å². The van der Waals surface area contributed by atoms with Crippen LogP contribution in [0.3, 0.4) is 0 Å². The molecule has 4 aliphatic rings. The predicted octanol–water partition coefficient (Wildman–Crippen LogP) is 3.77. The number of nitrogens with one attached hydrogen (secondary N) is 2. The van der Waals surface area contributed by atoms with Crippen LogP contribution in [0.1, 0.15) is 60.0 Å². The zero-order valence-corrected chi connectivity index (χ0v) is 18.2. The summed E-state index contributed by atoms with van der Waals surface area (Å²) in [4.78, 5) is 29.5. The first-order valence-electron chi connectivity index (χ1n) is 11.5. The van der Waals surface area contributed by atoms with Crippen LogP contribution in [-0.4, -0.2) is 29.9 Å². The Kier molecular flexibility index (Phi) is 5.07. The van der Waals surface area contributed by atoms with Crippen LogP contribution in [0.4, 0.5) is 0 Å². The molecule has 5 nitrogen and oxygen atoms in total. The highest BCUT2D eigenvalue weighted by atomic mass is 16.2. The summed E-state index contributed by atoms with van der Waals surface area (Å²) in [6, 6.07) is 12.5. The first-order valence-corrected chi connectivity index (χ1v) is 11.5. The van der Waals surface area contributed by atoms with E-state index in [9.17, 15) is 9.59 Å². The van der Waals surface area contributed by atoms with E-state index in [1.165, 1.54) is 30.4 Å². The Balaban J connectivity index is 1.24. The lowest BCUT2D eigenvalue weighted by atomic mass is 9.42. The van der Waals surface area contributed by atoms with Gasteiger partial charge in [0.1, 0.15) is 0 Å². The number of aryl methyl sites for hydroxylation is 1. The fourth-order valence-electron chi connectivity index (χ4n) is 6.91. The van der Waals surface area contributed by atoms with E-state index in [1.54, 1.807) is 24.5 Å². The summed E-state index contributed by atoms with van der Waals surface area (Å²) in [5.74, 6) is 1.33. The largest absolute Gasteiger partial charge is 0.354 e. The maximum atomic E-state index is 13.4. The Morgan fingerprint density at radius 1 is 1.00 bits per heavy atom. The number of aromatic nitrogens is 1. The molecule has 4 saturated carbocycles. The lowest BCUT2D eigenvalue weighted by molar-refractivity contribution is -0.149. The fourth-order valence-corrected chi connectivity index (χ4v) is 6.91. The zero-order valence-electron chi connectivity index (χ0n) is 18.2. The maximum Gasteiger partial charge on any atom is 0.252 e. The van der Waals surface area contributed by atoms with Crippen molar-refractivity contribution < 1.29 is 9.59 Å². The van der Waals surface area contributed by atoms with Crippen molar-refractivity contribution in [2.45, 2.75) is 50.9 Å². The second-order valence-corrected chi connectivity index (χ2v) is 10.1. The minimum atomic E-state index is -0.248. The van der Waals surface area contributed by atoms with Gasteiger partial charge in [-0.05, 0) is 80.4 Å². The predicted molar refractivity (Wildman–Crippen MR) is 120 cm³/mol. The maximum absolute atomic E-state index is 13.4. The van der Waals surface area contributed by atoms with Gasteiger partial charge in [-0.3, -0.25) is 14.6 Å². The highest BCUT2D eigenvalue weighted by molar-refractivity contribution is 5.93. The lowest BCUT2D eigenvalue weighted by Gasteiger charge is -2.61. The average Bonchev–Trinajstić information content (AvgIpc) is 2.76. The molecule has 1 heterocycles. The summed E-state index contributed by atoms with van der Waals surface area (Å²) >= 11 is 0. The number of carbonyl (C=O) groups excluding carboxylic acids is 2. The highest BCUT2D eigenvalue weighted by Crippen LogP contribution is 2.65. The molecule has 5 heteroatoms. The quantitative estimate of drug-likeness (QED) is 0.703. The first-order chi connectivity index (χ1) is 15.0. The molecule has 1 aromatic heterocycles. The van der Waals surface area contributed by atoms with Crippen LogP contribution in [-0.2, 0) is 10.2 Å². The molecule has 0 aliphatic heterocycles. The van der Waals surface area contributed by atoms with Gasteiger partial charge in [0, 0.05) is 25.5 Å². The number of hydrogen-bond donors (Lipinski definition) is 2. The van der Waals surface area contributed by atoms with Gasteiger partial charge >= 0.3 is 0 Å². The third-order valence-electron chi connectivity index (χ3n) is 7.83. The van der Waals surface area contributed by atoms with Crippen LogP contribution in [0.2, 0.25) is 0 Å². The van der Waals surface area contributed by atoms with Gasteiger partial charge in [0.15, 0.2) is 0 Å². The van der Waals surface area contributed by atoms with Crippen LogP contribution in [0.5, 0.6) is 0 Å². The number of pyridine rings is 1. The number of benzene rings is 1. The zero-order chi connectivity index (χ0) is 21.5. The van der Waals surface area contributed by atoms with Crippen LogP contribution in [0.15, 0.2) is 48.8 Å². The third-order valence-corrected chi connectivity index (χ3v) is 7.83. The Labute approximate surface area is 184 Å². The molecule has 0 radical (unpaired) electrons. The number of nitrogens with zero attached hydrogens (tertiary/aromatic N) is 1. The van der Waals surface area contributed by atoms with Crippen LogP contribution in [0, 0.1) is 24.2 Å². The van der Waals surface area contributed by atoms with Crippen molar-refractivity contribution >= 4 is 11.8 Å². The van der Waals surface area contributed by atoms with Crippen molar-refractivity contribution in [3.63, 3.8) is 0 Å². The van der Waals surface area contributed by atoms with Crippen LogP contribution >= 0.6 is 0 Å². The third kappa shape index (κ3) is 3.75. The SMILES string of the molecule is Cc1ccc(C23CC4CC(CC(C(=O)NCCNC(=O)c5cccnc5)(C4)C2)C3)cc1. The summed E-state index contributed by atoms with van der Waals surface area (Å²) in [6.45, 7) is 3.01. The van der Waals surface area contributed by atoms with E-state index in [0.717, 1.165) is 19.3 Å². The van der Waals surface area contributed by atoms with E-state index >= 15 is 0 Å². The Bertz CT molecular complexity index is 956. The van der Waals surface area contributed by atoms with E-state index in [2.05, 4.69) is 46.8 Å². The fraction of sp³-hybridized carbons (Fsp3) is 0.500. The Hall–Kier alpha value is -2.69. The van der Waals surface area contributed by atoms with Crippen molar-refractivity contribution in [1.82, 2.24) is 15.6 Å². The highest BCUT2D eigenvalue weighted by Gasteiger charge is 2.60. The summed E-state index contributed by atoms with van der Waals surface area (Å²) < 4.78 is 0. The molecule has 0 saturated heterocycles. The molecular weight excluding hydrogens is 386 g/mol. The minimum absolute atomic E-state index is 0.156. The molecule has 2 atom stereocenters. The standard InChI is InChI=1S/C26H31N3O2/c1-18-4-6-22(7-5-18)25-12-19-11-20(13-25)15-26(14-19,17-25)24(31)29-10-9-28-23(30)21-3-2-8-27-16-21/h2-8,16,19-20H,9-15,17H2,1H3,(H,28,30)(H,29,31). The van der Waals surface area contributed by atoms with Crippen LogP contribution < -0.4 is 10.6 Å². The Morgan fingerprint density at radius 3 is 2.39 bits per heavy atom. The molecule has 31 heavy (non-hydrogen) atoms. The average molecular weight is 418 g/mol. The summed E-state index contributed by atoms with van der Waals surface area (Å²) in [6.07, 6.45) is 9.93. The first kappa shape index (κ1) is 20.2. The molecule has 2 N–H and O–H groups in total. The monoisotopic (exact) mass is 417 g/mol. The molecule has 4 aliphatic carbocycles.